The van der Waals surface area contributed by atoms with Gasteiger partial charge in [-0.15, -0.1) is 0 Å². The number of rotatable bonds is 5. The fraction of sp³-hybridized carbons (Fsp3) is 0.0526. The lowest BCUT2D eigenvalue weighted by Gasteiger charge is -2.13. The highest BCUT2D eigenvalue weighted by molar-refractivity contribution is 7.86. The highest BCUT2D eigenvalue weighted by Gasteiger charge is 2.21. The van der Waals surface area contributed by atoms with Crippen molar-refractivity contribution < 1.29 is 40.6 Å². The van der Waals surface area contributed by atoms with Crippen LogP contribution in [-0.2, 0) is 25.0 Å². The first kappa shape index (κ1) is 23.1. The summed E-state index contributed by atoms with van der Waals surface area (Å²) in [5.41, 5.74) is 0.127. The maximum atomic E-state index is 12.7. The number of anilines is 2. The van der Waals surface area contributed by atoms with Crippen LogP contribution >= 0.6 is 0 Å². The molecule has 0 spiro atoms. The van der Waals surface area contributed by atoms with Gasteiger partial charge in [-0.3, -0.25) is 18.7 Å². The van der Waals surface area contributed by atoms with Gasteiger partial charge in [-0.2, -0.15) is 16.8 Å². The smallest absolute Gasteiger partial charge is 0.294 e. The van der Waals surface area contributed by atoms with E-state index in [0.717, 1.165) is 24.3 Å². The molecule has 32 heavy (non-hydrogen) atoms. The van der Waals surface area contributed by atoms with E-state index < -0.39 is 41.7 Å². The van der Waals surface area contributed by atoms with Crippen molar-refractivity contribution in [3.8, 4) is 5.75 Å². The maximum Gasteiger partial charge on any atom is 0.294 e. The summed E-state index contributed by atoms with van der Waals surface area (Å²) < 4.78 is 64.9. The number of carbonyl (C=O) groups is 2. The van der Waals surface area contributed by atoms with Crippen molar-refractivity contribution >= 4 is 54.2 Å². The number of hydrogen-bond donors (Lipinski definition) is 5. The molecule has 3 aromatic carbocycles. The average molecular weight is 480 g/mol. The Morgan fingerprint density at radius 2 is 1.44 bits per heavy atom. The predicted molar refractivity (Wildman–Crippen MR) is 114 cm³/mol. The Morgan fingerprint density at radius 3 is 2.00 bits per heavy atom. The number of nitrogens with one attached hydrogen (secondary N) is 2. The minimum Gasteiger partial charge on any atom is -0.507 e. The highest BCUT2D eigenvalue weighted by atomic mass is 32.2. The van der Waals surface area contributed by atoms with Gasteiger partial charge < -0.3 is 15.7 Å². The van der Waals surface area contributed by atoms with E-state index in [4.69, 9.17) is 0 Å². The Kier molecular flexibility index (Phi) is 5.93. The molecule has 0 atom stereocenters. The number of phenols is 1. The molecule has 0 heterocycles. The molecule has 2 amide bonds. The van der Waals surface area contributed by atoms with Crippen molar-refractivity contribution in [2.45, 2.75) is 16.7 Å². The van der Waals surface area contributed by atoms with Gasteiger partial charge in [-0.1, -0.05) is 6.07 Å². The maximum absolute atomic E-state index is 12.7. The molecule has 0 aliphatic heterocycles. The van der Waals surface area contributed by atoms with Crippen LogP contribution in [0.25, 0.3) is 10.8 Å². The van der Waals surface area contributed by atoms with Gasteiger partial charge in [0.2, 0.25) is 5.91 Å². The van der Waals surface area contributed by atoms with Crippen molar-refractivity contribution in [1.29, 1.82) is 0 Å². The van der Waals surface area contributed by atoms with Crippen molar-refractivity contribution in [3.63, 3.8) is 0 Å². The minimum atomic E-state index is -4.79. The summed E-state index contributed by atoms with van der Waals surface area (Å²) in [6.45, 7) is 1.28. The largest absolute Gasteiger partial charge is 0.507 e. The minimum absolute atomic E-state index is 0.0655. The standard InChI is InChI=1S/C19H16N2O9S2/c1-10(22)20-13-4-2-3-11(5-13)19(24)21-16-8-14(31(25,26)27)6-12-7-15(32(28,29)30)9-17(23)18(12)16/h2-9,23H,1H3,(H,20,22)(H,21,24)(H,25,26,27)(H,28,29,30). The van der Waals surface area contributed by atoms with Gasteiger partial charge in [0.1, 0.15) is 5.75 Å². The van der Waals surface area contributed by atoms with E-state index >= 15 is 0 Å². The van der Waals surface area contributed by atoms with Gasteiger partial charge in [0.25, 0.3) is 26.1 Å². The second-order valence-electron chi connectivity index (χ2n) is 6.68. The molecular formula is C19H16N2O9S2. The normalized spacial score (nSPS) is 11.8. The quantitative estimate of drug-likeness (QED) is 0.341. The molecule has 0 fully saturated rings. The molecule has 0 aliphatic rings. The van der Waals surface area contributed by atoms with Gasteiger partial charge in [0.15, 0.2) is 0 Å². The second-order valence-corrected chi connectivity index (χ2v) is 9.52. The number of fused-ring (bicyclic) bond motifs is 1. The summed E-state index contributed by atoms with van der Waals surface area (Å²) in [5, 5.41) is 14.9. The van der Waals surface area contributed by atoms with Crippen LogP contribution < -0.4 is 10.6 Å². The molecule has 0 aliphatic carbocycles. The van der Waals surface area contributed by atoms with E-state index in [2.05, 4.69) is 10.6 Å². The lowest BCUT2D eigenvalue weighted by Crippen LogP contribution is -2.14. The number of hydrogen-bond acceptors (Lipinski definition) is 7. The molecule has 3 rings (SSSR count). The summed E-state index contributed by atoms with van der Waals surface area (Å²) in [6.07, 6.45) is 0. The topological polar surface area (TPSA) is 187 Å². The molecule has 0 radical (unpaired) electrons. The molecule has 11 nitrogen and oxygen atoms in total. The zero-order valence-corrected chi connectivity index (χ0v) is 17.9. The Morgan fingerprint density at radius 1 is 0.844 bits per heavy atom. The van der Waals surface area contributed by atoms with Gasteiger partial charge in [0.05, 0.1) is 15.5 Å². The first-order valence-corrected chi connectivity index (χ1v) is 11.6. The Bertz CT molecular complexity index is 1470. The van der Waals surface area contributed by atoms with Gasteiger partial charge in [-0.25, -0.2) is 0 Å². The molecule has 5 N–H and O–H groups in total. The summed E-state index contributed by atoms with van der Waals surface area (Å²) >= 11 is 0. The van der Waals surface area contributed by atoms with Crippen LogP contribution in [0, 0.1) is 0 Å². The molecule has 13 heteroatoms. The fourth-order valence-corrected chi connectivity index (χ4v) is 4.05. The molecule has 0 unspecified atom stereocenters. The first-order chi connectivity index (χ1) is 14.8. The third kappa shape index (κ3) is 5.03. The fourth-order valence-electron chi connectivity index (χ4n) is 2.97. The molecule has 168 valence electrons. The van der Waals surface area contributed by atoms with E-state index in [1.54, 1.807) is 0 Å². The van der Waals surface area contributed by atoms with E-state index in [9.17, 15) is 40.6 Å². The van der Waals surface area contributed by atoms with Crippen molar-refractivity contribution in [2.75, 3.05) is 10.6 Å². The molecule has 0 saturated carbocycles. The third-order valence-corrected chi connectivity index (χ3v) is 5.93. The van der Waals surface area contributed by atoms with Crippen molar-refractivity contribution in [3.05, 3.63) is 54.1 Å². The van der Waals surface area contributed by atoms with E-state index in [-0.39, 0.29) is 27.9 Å². The SMILES string of the molecule is CC(=O)Nc1cccc(C(=O)Nc2cc(S(=O)(=O)O)cc3cc(S(=O)(=O)O)cc(O)c23)c1. The average Bonchev–Trinajstić information content (AvgIpc) is 2.65. The van der Waals surface area contributed by atoms with Gasteiger partial charge >= 0.3 is 0 Å². The number of phenolic OH excluding ortho intramolecular Hbond substituents is 1. The van der Waals surface area contributed by atoms with Gasteiger partial charge in [0, 0.05) is 29.6 Å². The van der Waals surface area contributed by atoms with E-state index in [1.807, 2.05) is 0 Å². The summed E-state index contributed by atoms with van der Waals surface area (Å²) in [7, 11) is -9.54. The number of amides is 2. The number of benzene rings is 3. The Hall–Kier alpha value is -3.52. The van der Waals surface area contributed by atoms with Crippen LogP contribution in [0.4, 0.5) is 11.4 Å². The lowest BCUT2D eigenvalue weighted by molar-refractivity contribution is -0.114. The molecule has 3 aromatic rings. The van der Waals surface area contributed by atoms with Crippen LogP contribution in [-0.4, -0.2) is 42.9 Å². The zero-order valence-electron chi connectivity index (χ0n) is 16.2. The monoisotopic (exact) mass is 480 g/mol. The van der Waals surface area contributed by atoms with E-state index in [1.165, 1.54) is 31.2 Å². The second kappa shape index (κ2) is 8.20. The van der Waals surface area contributed by atoms with Crippen molar-refractivity contribution in [2.24, 2.45) is 0 Å². The number of aromatic hydroxyl groups is 1. The first-order valence-electron chi connectivity index (χ1n) is 8.70. The van der Waals surface area contributed by atoms with Crippen LogP contribution in [0.15, 0.2) is 58.3 Å². The third-order valence-electron chi connectivity index (χ3n) is 4.26. The zero-order chi connectivity index (χ0) is 23.8. The van der Waals surface area contributed by atoms with Crippen molar-refractivity contribution in [1.82, 2.24) is 0 Å². The summed E-state index contributed by atoms with van der Waals surface area (Å²) in [5.74, 6) is -1.81. The number of carbonyl (C=O) groups excluding carboxylic acids is 2. The predicted octanol–water partition coefficient (Wildman–Crippen LogP) is 2.25. The van der Waals surface area contributed by atoms with E-state index in [0.29, 0.717) is 5.69 Å². The van der Waals surface area contributed by atoms with Crippen LogP contribution in [0.1, 0.15) is 17.3 Å². The van der Waals surface area contributed by atoms with Gasteiger partial charge in [-0.05, 0) is 41.8 Å². The molecule has 0 bridgehead atoms. The lowest BCUT2D eigenvalue weighted by atomic mass is 10.1. The highest BCUT2D eigenvalue weighted by Crippen LogP contribution is 2.37. The Labute approximate surface area is 182 Å². The molecular weight excluding hydrogens is 464 g/mol. The molecule has 0 aromatic heterocycles. The van der Waals surface area contributed by atoms with Crippen LogP contribution in [0.5, 0.6) is 5.75 Å². The van der Waals surface area contributed by atoms with Crippen LogP contribution in [0.2, 0.25) is 0 Å². The Balaban J connectivity index is 2.17. The summed E-state index contributed by atoms with van der Waals surface area (Å²) in [6, 6.07) is 9.11. The molecule has 0 saturated heterocycles. The summed E-state index contributed by atoms with van der Waals surface area (Å²) in [4.78, 5) is 22.5. The van der Waals surface area contributed by atoms with Crippen LogP contribution in [0.3, 0.4) is 0 Å².